The first-order valence-corrected chi connectivity index (χ1v) is 7.06. The fourth-order valence-electron chi connectivity index (χ4n) is 2.42. The van der Waals surface area contributed by atoms with Crippen LogP contribution in [0.2, 0.25) is 5.15 Å². The average Bonchev–Trinajstić information content (AvgIpc) is 2.77. The van der Waals surface area contributed by atoms with Gasteiger partial charge in [-0.2, -0.15) is 0 Å². The van der Waals surface area contributed by atoms with E-state index in [1.54, 1.807) is 12.3 Å². The molecule has 0 saturated carbocycles. The molecular weight excluding hydrogens is 312 g/mol. The molecule has 1 unspecified atom stereocenters. The number of rotatable bonds is 2. The molecule has 0 spiro atoms. The zero-order valence-electron chi connectivity index (χ0n) is 9.66. The molecule has 0 radical (unpaired) electrons. The smallest absolute Gasteiger partial charge is 0.129 e. The van der Waals surface area contributed by atoms with E-state index in [0.717, 1.165) is 18.5 Å². The lowest BCUT2D eigenvalue weighted by Gasteiger charge is -2.15. The second-order valence-corrected chi connectivity index (χ2v) is 5.65. The zero-order valence-corrected chi connectivity index (χ0v) is 12.0. The number of nitrogens with one attached hydrogen (secondary N) is 1. The van der Waals surface area contributed by atoms with E-state index < -0.39 is 0 Å². The van der Waals surface area contributed by atoms with Gasteiger partial charge in [-0.3, -0.25) is 0 Å². The maximum atomic E-state index is 5.79. The molecule has 4 heteroatoms. The van der Waals surface area contributed by atoms with Crippen LogP contribution in [0.25, 0.3) is 0 Å². The lowest BCUT2D eigenvalue weighted by atomic mass is 10.1. The quantitative estimate of drug-likeness (QED) is 0.817. The molecule has 0 amide bonds. The molecule has 92 valence electrons. The maximum Gasteiger partial charge on any atom is 0.129 e. The SMILES string of the molecule is Clc1ccc(NC2CCc3c(Br)cccc32)cn1. The Morgan fingerprint density at radius 1 is 1.28 bits per heavy atom. The minimum atomic E-state index is 0.362. The van der Waals surface area contributed by atoms with Gasteiger partial charge in [0.05, 0.1) is 17.9 Å². The lowest BCUT2D eigenvalue weighted by Crippen LogP contribution is -2.07. The number of fused-ring (bicyclic) bond motifs is 1. The van der Waals surface area contributed by atoms with E-state index in [9.17, 15) is 0 Å². The molecule has 18 heavy (non-hydrogen) atoms. The van der Waals surface area contributed by atoms with Gasteiger partial charge in [0.25, 0.3) is 0 Å². The Balaban J connectivity index is 1.85. The summed E-state index contributed by atoms with van der Waals surface area (Å²) in [5.41, 5.74) is 3.80. The van der Waals surface area contributed by atoms with E-state index in [2.05, 4.69) is 44.4 Å². The van der Waals surface area contributed by atoms with Crippen LogP contribution in [0, 0.1) is 0 Å². The second kappa shape index (κ2) is 4.90. The van der Waals surface area contributed by atoms with Gasteiger partial charge in [0.2, 0.25) is 0 Å². The first-order chi connectivity index (χ1) is 8.74. The van der Waals surface area contributed by atoms with Crippen LogP contribution in [0.4, 0.5) is 5.69 Å². The van der Waals surface area contributed by atoms with Gasteiger partial charge in [0, 0.05) is 4.47 Å². The third-order valence-electron chi connectivity index (χ3n) is 3.28. The molecule has 3 rings (SSSR count). The lowest BCUT2D eigenvalue weighted by molar-refractivity contribution is 0.761. The van der Waals surface area contributed by atoms with Crippen molar-refractivity contribution in [1.29, 1.82) is 0 Å². The molecule has 1 atom stereocenters. The highest BCUT2D eigenvalue weighted by molar-refractivity contribution is 9.10. The van der Waals surface area contributed by atoms with Crippen LogP contribution in [0.3, 0.4) is 0 Å². The average molecular weight is 324 g/mol. The van der Waals surface area contributed by atoms with Crippen molar-refractivity contribution < 1.29 is 0 Å². The highest BCUT2D eigenvalue weighted by atomic mass is 79.9. The van der Waals surface area contributed by atoms with Crippen molar-refractivity contribution in [1.82, 2.24) is 4.98 Å². The van der Waals surface area contributed by atoms with Gasteiger partial charge in [-0.1, -0.05) is 39.7 Å². The first-order valence-electron chi connectivity index (χ1n) is 5.89. The van der Waals surface area contributed by atoms with E-state index in [1.165, 1.54) is 15.6 Å². The molecule has 1 aliphatic carbocycles. The van der Waals surface area contributed by atoms with Gasteiger partial charge in [-0.25, -0.2) is 4.98 Å². The molecule has 0 saturated heterocycles. The van der Waals surface area contributed by atoms with E-state index >= 15 is 0 Å². The summed E-state index contributed by atoms with van der Waals surface area (Å²) in [4.78, 5) is 4.09. The van der Waals surface area contributed by atoms with Crippen molar-refractivity contribution in [2.75, 3.05) is 5.32 Å². The van der Waals surface area contributed by atoms with Crippen molar-refractivity contribution in [3.63, 3.8) is 0 Å². The number of pyridine rings is 1. The van der Waals surface area contributed by atoms with Crippen molar-refractivity contribution in [3.05, 3.63) is 57.3 Å². The van der Waals surface area contributed by atoms with Gasteiger partial charge in [0.1, 0.15) is 5.15 Å². The van der Waals surface area contributed by atoms with Crippen LogP contribution in [0.5, 0.6) is 0 Å². The molecule has 0 fully saturated rings. The molecule has 1 N–H and O–H groups in total. The summed E-state index contributed by atoms with van der Waals surface area (Å²) in [6, 6.07) is 10.5. The van der Waals surface area contributed by atoms with Crippen molar-refractivity contribution in [3.8, 4) is 0 Å². The minimum Gasteiger partial charge on any atom is -0.377 e. The molecule has 1 aliphatic rings. The fraction of sp³-hybridized carbons (Fsp3) is 0.214. The molecule has 2 aromatic rings. The molecule has 0 bridgehead atoms. The molecule has 0 aliphatic heterocycles. The van der Waals surface area contributed by atoms with Crippen LogP contribution in [-0.4, -0.2) is 4.98 Å². The Kier molecular flexibility index (Phi) is 3.27. The Morgan fingerprint density at radius 3 is 2.94 bits per heavy atom. The summed E-state index contributed by atoms with van der Waals surface area (Å²) in [6.45, 7) is 0. The molecule has 1 heterocycles. The monoisotopic (exact) mass is 322 g/mol. The number of benzene rings is 1. The van der Waals surface area contributed by atoms with E-state index in [0.29, 0.717) is 11.2 Å². The highest BCUT2D eigenvalue weighted by Gasteiger charge is 2.23. The summed E-state index contributed by atoms with van der Waals surface area (Å²) >= 11 is 9.40. The fourth-order valence-corrected chi connectivity index (χ4v) is 3.11. The summed E-state index contributed by atoms with van der Waals surface area (Å²) in [7, 11) is 0. The number of hydrogen-bond acceptors (Lipinski definition) is 2. The summed E-state index contributed by atoms with van der Waals surface area (Å²) in [5.74, 6) is 0. The summed E-state index contributed by atoms with van der Waals surface area (Å²) in [5, 5.41) is 4.03. The van der Waals surface area contributed by atoms with Crippen molar-refractivity contribution in [2.24, 2.45) is 0 Å². The van der Waals surface area contributed by atoms with Gasteiger partial charge >= 0.3 is 0 Å². The summed E-state index contributed by atoms with van der Waals surface area (Å²) < 4.78 is 1.21. The third kappa shape index (κ3) is 2.25. The van der Waals surface area contributed by atoms with Gasteiger partial charge in [-0.15, -0.1) is 0 Å². The Morgan fingerprint density at radius 2 is 2.17 bits per heavy atom. The third-order valence-corrected chi connectivity index (χ3v) is 4.25. The van der Waals surface area contributed by atoms with Crippen molar-refractivity contribution in [2.45, 2.75) is 18.9 Å². The van der Waals surface area contributed by atoms with E-state index in [1.807, 2.05) is 6.07 Å². The Labute approximate surface area is 120 Å². The molecule has 1 aromatic carbocycles. The first kappa shape index (κ1) is 12.0. The van der Waals surface area contributed by atoms with E-state index in [-0.39, 0.29) is 0 Å². The van der Waals surface area contributed by atoms with Gasteiger partial charge in [-0.05, 0) is 42.2 Å². The Hall–Kier alpha value is -1.06. The van der Waals surface area contributed by atoms with Crippen LogP contribution in [0.1, 0.15) is 23.6 Å². The van der Waals surface area contributed by atoms with E-state index in [4.69, 9.17) is 11.6 Å². The summed E-state index contributed by atoms with van der Waals surface area (Å²) in [6.07, 6.45) is 3.99. The van der Waals surface area contributed by atoms with Crippen LogP contribution in [-0.2, 0) is 6.42 Å². The topological polar surface area (TPSA) is 24.9 Å². The number of aromatic nitrogens is 1. The second-order valence-electron chi connectivity index (χ2n) is 4.41. The van der Waals surface area contributed by atoms with Crippen molar-refractivity contribution >= 4 is 33.2 Å². The molecule has 2 nitrogen and oxygen atoms in total. The number of hydrogen-bond donors (Lipinski definition) is 1. The normalized spacial score (nSPS) is 17.6. The largest absolute Gasteiger partial charge is 0.377 e. The van der Waals surface area contributed by atoms with Crippen LogP contribution in [0.15, 0.2) is 41.0 Å². The van der Waals surface area contributed by atoms with Gasteiger partial charge in [0.15, 0.2) is 0 Å². The molecule has 1 aromatic heterocycles. The van der Waals surface area contributed by atoms with Crippen LogP contribution < -0.4 is 5.32 Å². The zero-order chi connectivity index (χ0) is 12.5. The van der Waals surface area contributed by atoms with Crippen LogP contribution >= 0.6 is 27.5 Å². The van der Waals surface area contributed by atoms with Gasteiger partial charge < -0.3 is 5.32 Å². The minimum absolute atomic E-state index is 0.362. The standard InChI is InChI=1S/C14H12BrClN2/c15-12-3-1-2-11-10(12)5-6-13(11)18-9-4-7-14(16)17-8-9/h1-4,7-8,13,18H,5-6H2. The number of halogens is 2. The number of anilines is 1. The maximum absolute atomic E-state index is 5.79. The molecular formula is C14H12BrClN2. The Bertz CT molecular complexity index is 569. The predicted octanol–water partition coefficient (Wildman–Crippen LogP) is 4.60. The highest BCUT2D eigenvalue weighted by Crippen LogP contribution is 2.37. The predicted molar refractivity (Wildman–Crippen MR) is 78.1 cm³/mol. The number of nitrogens with zero attached hydrogens (tertiary/aromatic N) is 1.